The summed E-state index contributed by atoms with van der Waals surface area (Å²) in [5.74, 6) is -3.96. The molecule has 1 heterocycles. The van der Waals surface area contributed by atoms with Crippen molar-refractivity contribution in [2.75, 3.05) is 5.75 Å². The van der Waals surface area contributed by atoms with E-state index in [0.29, 0.717) is 18.5 Å². The molecule has 9 nitrogen and oxygen atoms in total. The SMILES string of the molecule is CCCCn1cc(O)n(CC(CS(=O)(=O)c2ccc(-c3ccc(C#N)cc3)cc2)C(=O)O)c1=O. The number of imidazole rings is 1. The van der Waals surface area contributed by atoms with Crippen LogP contribution < -0.4 is 5.69 Å². The monoisotopic (exact) mass is 483 g/mol. The predicted molar refractivity (Wildman–Crippen MR) is 125 cm³/mol. The summed E-state index contributed by atoms with van der Waals surface area (Å²) in [6.45, 7) is 1.85. The fraction of sp³-hybridized carbons (Fsp3) is 0.292. The molecule has 0 fully saturated rings. The van der Waals surface area contributed by atoms with E-state index < -0.39 is 45.6 Å². The molecule has 0 amide bonds. The van der Waals surface area contributed by atoms with Gasteiger partial charge < -0.3 is 10.2 Å². The number of aromatic nitrogens is 2. The van der Waals surface area contributed by atoms with E-state index in [1.54, 1.807) is 36.4 Å². The van der Waals surface area contributed by atoms with Crippen LogP contribution in [0.5, 0.6) is 5.88 Å². The molecular weight excluding hydrogens is 458 g/mol. The zero-order valence-corrected chi connectivity index (χ0v) is 19.4. The van der Waals surface area contributed by atoms with E-state index in [4.69, 9.17) is 5.26 Å². The highest BCUT2D eigenvalue weighted by Gasteiger charge is 2.29. The van der Waals surface area contributed by atoms with Crippen molar-refractivity contribution in [3.05, 3.63) is 70.8 Å². The maximum absolute atomic E-state index is 12.9. The van der Waals surface area contributed by atoms with Gasteiger partial charge in [-0.25, -0.2) is 13.2 Å². The molecule has 0 spiro atoms. The first-order valence-electron chi connectivity index (χ1n) is 10.7. The number of aromatic hydroxyl groups is 1. The van der Waals surface area contributed by atoms with Crippen molar-refractivity contribution in [1.29, 1.82) is 5.26 Å². The zero-order valence-electron chi connectivity index (χ0n) is 18.6. The number of nitriles is 1. The number of sulfone groups is 1. The highest BCUT2D eigenvalue weighted by atomic mass is 32.2. The molecular formula is C24H25N3O6S. The van der Waals surface area contributed by atoms with E-state index in [1.807, 2.05) is 13.0 Å². The molecule has 0 bridgehead atoms. The van der Waals surface area contributed by atoms with Crippen LogP contribution >= 0.6 is 0 Å². The van der Waals surface area contributed by atoms with Gasteiger partial charge in [-0.3, -0.25) is 13.9 Å². The molecule has 0 aliphatic heterocycles. The smallest absolute Gasteiger partial charge is 0.331 e. The lowest BCUT2D eigenvalue weighted by Gasteiger charge is -2.14. The molecule has 0 aliphatic rings. The first-order valence-corrected chi connectivity index (χ1v) is 12.4. The summed E-state index contributed by atoms with van der Waals surface area (Å²) >= 11 is 0. The number of rotatable bonds is 10. The van der Waals surface area contributed by atoms with Crippen LogP contribution in [0.1, 0.15) is 25.3 Å². The third-order valence-electron chi connectivity index (χ3n) is 5.51. The van der Waals surface area contributed by atoms with Gasteiger partial charge in [-0.1, -0.05) is 37.6 Å². The number of carbonyl (C=O) groups is 1. The number of hydrogen-bond acceptors (Lipinski definition) is 6. The minimum Gasteiger partial charge on any atom is -0.493 e. The second-order valence-corrected chi connectivity index (χ2v) is 9.99. The molecule has 0 aliphatic carbocycles. The second-order valence-electron chi connectivity index (χ2n) is 7.96. The predicted octanol–water partition coefficient (Wildman–Crippen LogP) is 2.87. The van der Waals surface area contributed by atoms with Crippen molar-refractivity contribution in [1.82, 2.24) is 9.13 Å². The van der Waals surface area contributed by atoms with Crippen LogP contribution in [0, 0.1) is 17.2 Å². The van der Waals surface area contributed by atoms with Crippen molar-refractivity contribution < 1.29 is 23.4 Å². The number of aryl methyl sites for hydroxylation is 1. The Morgan fingerprint density at radius 2 is 1.68 bits per heavy atom. The van der Waals surface area contributed by atoms with Crippen LogP contribution in [0.25, 0.3) is 11.1 Å². The quantitative estimate of drug-likeness (QED) is 0.451. The standard InChI is InChI=1S/C24H25N3O6S/c1-2-3-12-26-15-22(28)27(24(26)31)14-20(23(29)30)16-34(32,33)21-10-8-19(9-11-21)18-6-4-17(13-25)5-7-18/h4-11,15,20,28H,2-3,12,14,16H2,1H3,(H,29,30). The molecule has 1 unspecified atom stereocenters. The molecule has 3 rings (SSSR count). The first-order chi connectivity index (χ1) is 16.2. The maximum Gasteiger partial charge on any atom is 0.331 e. The zero-order chi connectivity index (χ0) is 24.9. The highest BCUT2D eigenvalue weighted by molar-refractivity contribution is 7.91. The van der Waals surface area contributed by atoms with Gasteiger partial charge >= 0.3 is 11.7 Å². The Labute approximate surface area is 197 Å². The molecule has 0 radical (unpaired) electrons. The summed E-state index contributed by atoms with van der Waals surface area (Å²) in [5, 5.41) is 28.6. The number of carboxylic acid groups (broad SMARTS) is 1. The highest BCUT2D eigenvalue weighted by Crippen LogP contribution is 2.24. The van der Waals surface area contributed by atoms with Crippen molar-refractivity contribution in [2.45, 2.75) is 37.8 Å². The Morgan fingerprint density at radius 3 is 2.21 bits per heavy atom. The van der Waals surface area contributed by atoms with E-state index >= 15 is 0 Å². The normalized spacial score (nSPS) is 12.2. The number of hydrogen-bond donors (Lipinski definition) is 2. The van der Waals surface area contributed by atoms with Crippen LogP contribution in [0.15, 0.2) is 64.4 Å². The lowest BCUT2D eigenvalue weighted by atomic mass is 10.0. The minimum absolute atomic E-state index is 0.0479. The van der Waals surface area contributed by atoms with Crippen molar-refractivity contribution >= 4 is 15.8 Å². The lowest BCUT2D eigenvalue weighted by Crippen LogP contribution is -2.33. The molecule has 3 aromatic rings. The van der Waals surface area contributed by atoms with Gasteiger partial charge in [0, 0.05) is 13.1 Å². The van der Waals surface area contributed by atoms with Crippen molar-refractivity contribution in [3.8, 4) is 23.1 Å². The van der Waals surface area contributed by atoms with Gasteiger partial charge in [0.15, 0.2) is 9.84 Å². The fourth-order valence-electron chi connectivity index (χ4n) is 3.55. The largest absolute Gasteiger partial charge is 0.493 e. The van der Waals surface area contributed by atoms with Crippen LogP contribution in [0.3, 0.4) is 0 Å². The summed E-state index contributed by atoms with van der Waals surface area (Å²) in [7, 11) is -4.00. The Kier molecular flexibility index (Phi) is 7.58. The van der Waals surface area contributed by atoms with E-state index in [0.717, 1.165) is 22.1 Å². The van der Waals surface area contributed by atoms with Gasteiger partial charge in [-0.2, -0.15) is 5.26 Å². The first kappa shape index (κ1) is 24.8. The van der Waals surface area contributed by atoms with Crippen LogP contribution in [-0.4, -0.2) is 39.5 Å². The third kappa shape index (κ3) is 5.55. The maximum atomic E-state index is 12.9. The van der Waals surface area contributed by atoms with Crippen LogP contribution in [0.2, 0.25) is 0 Å². The molecule has 0 saturated heterocycles. The molecule has 2 aromatic carbocycles. The van der Waals surface area contributed by atoms with Gasteiger partial charge in [0.1, 0.15) is 0 Å². The summed E-state index contributed by atoms with van der Waals surface area (Å²) in [6.07, 6.45) is 2.77. The van der Waals surface area contributed by atoms with E-state index in [1.165, 1.54) is 22.9 Å². The number of nitrogens with zero attached hydrogens (tertiary/aromatic N) is 3. The van der Waals surface area contributed by atoms with E-state index in [2.05, 4.69) is 0 Å². The minimum atomic E-state index is -4.00. The third-order valence-corrected chi connectivity index (χ3v) is 7.34. The van der Waals surface area contributed by atoms with E-state index in [9.17, 15) is 28.2 Å². The van der Waals surface area contributed by atoms with Gasteiger partial charge in [0.2, 0.25) is 5.88 Å². The van der Waals surface area contributed by atoms with Crippen molar-refractivity contribution in [2.24, 2.45) is 5.92 Å². The fourth-order valence-corrected chi connectivity index (χ4v) is 5.07. The molecule has 1 aromatic heterocycles. The van der Waals surface area contributed by atoms with Crippen LogP contribution in [0.4, 0.5) is 0 Å². The number of carboxylic acids is 1. The molecule has 2 N–H and O–H groups in total. The number of aliphatic carboxylic acids is 1. The number of benzene rings is 2. The topological polar surface area (TPSA) is 142 Å². The number of unbranched alkanes of at least 4 members (excludes halogenated alkanes) is 1. The molecule has 10 heteroatoms. The van der Waals surface area contributed by atoms with Gasteiger partial charge in [0.25, 0.3) is 0 Å². The molecule has 0 saturated carbocycles. The average Bonchev–Trinajstić information content (AvgIpc) is 3.09. The molecule has 178 valence electrons. The lowest BCUT2D eigenvalue weighted by molar-refractivity contribution is -0.141. The molecule has 34 heavy (non-hydrogen) atoms. The average molecular weight is 484 g/mol. The Hall–Kier alpha value is -3.84. The Morgan fingerprint density at radius 1 is 1.09 bits per heavy atom. The van der Waals surface area contributed by atoms with Crippen molar-refractivity contribution in [3.63, 3.8) is 0 Å². The summed E-state index contributed by atoms with van der Waals surface area (Å²) in [5.41, 5.74) is 1.46. The Bertz CT molecular complexity index is 1360. The van der Waals surface area contributed by atoms with Gasteiger partial charge in [-0.15, -0.1) is 0 Å². The summed E-state index contributed by atoms with van der Waals surface area (Å²) in [4.78, 5) is 24.3. The van der Waals surface area contributed by atoms with Crippen LogP contribution in [-0.2, 0) is 27.7 Å². The summed E-state index contributed by atoms with van der Waals surface area (Å²) in [6, 6.07) is 14.8. The Balaban J connectivity index is 1.80. The van der Waals surface area contributed by atoms with Gasteiger partial charge in [-0.05, 0) is 41.8 Å². The van der Waals surface area contributed by atoms with E-state index in [-0.39, 0.29) is 4.90 Å². The van der Waals surface area contributed by atoms with Gasteiger partial charge in [0.05, 0.1) is 34.4 Å². The summed E-state index contributed by atoms with van der Waals surface area (Å²) < 4.78 is 28.0. The molecule has 1 atom stereocenters. The second kappa shape index (κ2) is 10.4.